The summed E-state index contributed by atoms with van der Waals surface area (Å²) < 4.78 is 14.1. The maximum Gasteiger partial charge on any atom is 0.115 e. The Morgan fingerprint density at radius 1 is 1.64 bits per heavy atom. The quantitative estimate of drug-likeness (QED) is 0.520. The lowest BCUT2D eigenvalue weighted by Gasteiger charge is -2.28. The maximum absolute atomic E-state index is 13.0. The zero-order valence-electron chi connectivity index (χ0n) is 6.52. The molecule has 0 saturated carbocycles. The summed E-state index contributed by atoms with van der Waals surface area (Å²) in [7, 11) is 0. The molecular formula is C8H13FIN. The van der Waals surface area contributed by atoms with Crippen molar-refractivity contribution in [3.05, 3.63) is 0 Å². The van der Waals surface area contributed by atoms with Gasteiger partial charge in [-0.15, -0.1) is 0 Å². The van der Waals surface area contributed by atoms with Gasteiger partial charge in [-0.3, -0.25) is 4.90 Å². The van der Waals surface area contributed by atoms with Crippen molar-refractivity contribution in [2.24, 2.45) is 0 Å². The largest absolute Gasteiger partial charge is 0.294 e. The van der Waals surface area contributed by atoms with Crippen molar-refractivity contribution in [3.8, 4) is 0 Å². The van der Waals surface area contributed by atoms with Crippen molar-refractivity contribution in [1.29, 1.82) is 0 Å². The van der Waals surface area contributed by atoms with E-state index in [1.165, 1.54) is 12.8 Å². The van der Waals surface area contributed by atoms with Crippen LogP contribution in [-0.2, 0) is 0 Å². The van der Waals surface area contributed by atoms with Gasteiger partial charge in [0.2, 0.25) is 0 Å². The van der Waals surface area contributed by atoms with Crippen molar-refractivity contribution in [3.63, 3.8) is 0 Å². The Hall–Kier alpha value is 0.620. The van der Waals surface area contributed by atoms with Gasteiger partial charge in [-0.1, -0.05) is 22.6 Å². The van der Waals surface area contributed by atoms with E-state index in [9.17, 15) is 4.39 Å². The zero-order chi connectivity index (χ0) is 7.90. The molecule has 0 bridgehead atoms. The number of rotatable bonds is 1. The smallest absolute Gasteiger partial charge is 0.115 e. The van der Waals surface area contributed by atoms with Crippen LogP contribution in [0.2, 0.25) is 0 Å². The van der Waals surface area contributed by atoms with Crippen LogP contribution >= 0.6 is 22.6 Å². The second kappa shape index (κ2) is 2.83. The normalized spacial score (nSPS) is 44.7. The first kappa shape index (κ1) is 8.23. The van der Waals surface area contributed by atoms with Crippen LogP contribution in [-0.4, -0.2) is 34.1 Å². The van der Waals surface area contributed by atoms with Gasteiger partial charge in [0, 0.05) is 16.5 Å². The van der Waals surface area contributed by atoms with E-state index in [-0.39, 0.29) is 5.54 Å². The van der Waals surface area contributed by atoms with Crippen LogP contribution in [0.25, 0.3) is 0 Å². The van der Waals surface area contributed by atoms with E-state index in [2.05, 4.69) is 27.5 Å². The highest BCUT2D eigenvalue weighted by molar-refractivity contribution is 14.1. The molecule has 2 saturated heterocycles. The number of alkyl halides is 2. The summed E-state index contributed by atoms with van der Waals surface area (Å²) in [5.41, 5.74) is 0.264. The molecule has 1 nitrogen and oxygen atoms in total. The van der Waals surface area contributed by atoms with Crippen LogP contribution < -0.4 is 0 Å². The molecule has 0 aromatic carbocycles. The van der Waals surface area contributed by atoms with Crippen molar-refractivity contribution in [2.75, 3.05) is 17.5 Å². The summed E-state index contributed by atoms with van der Waals surface area (Å²) >= 11 is 2.40. The Kier molecular flexibility index (Phi) is 2.12. The van der Waals surface area contributed by atoms with Gasteiger partial charge in [-0.25, -0.2) is 4.39 Å². The molecule has 2 aliphatic heterocycles. The molecule has 2 rings (SSSR count). The fourth-order valence-electron chi connectivity index (χ4n) is 2.43. The molecule has 11 heavy (non-hydrogen) atoms. The predicted molar refractivity (Wildman–Crippen MR) is 51.9 cm³/mol. The van der Waals surface area contributed by atoms with E-state index in [1.54, 1.807) is 0 Å². The van der Waals surface area contributed by atoms with E-state index in [0.717, 1.165) is 17.4 Å². The van der Waals surface area contributed by atoms with Gasteiger partial charge in [0.1, 0.15) is 6.17 Å². The monoisotopic (exact) mass is 269 g/mol. The number of halogens is 2. The Bertz CT molecular complexity index is 164. The first-order valence-electron chi connectivity index (χ1n) is 4.22. The molecular weight excluding hydrogens is 256 g/mol. The minimum Gasteiger partial charge on any atom is -0.294 e. The third-order valence-corrected chi connectivity index (χ3v) is 4.43. The molecule has 2 heterocycles. The van der Waals surface area contributed by atoms with Gasteiger partial charge < -0.3 is 0 Å². The summed E-state index contributed by atoms with van der Waals surface area (Å²) in [6.45, 7) is 1.83. The third kappa shape index (κ3) is 1.20. The molecule has 64 valence electrons. The summed E-state index contributed by atoms with van der Waals surface area (Å²) in [6, 6.07) is 0. The van der Waals surface area contributed by atoms with E-state index in [0.29, 0.717) is 6.54 Å². The number of hydrogen-bond donors (Lipinski definition) is 0. The van der Waals surface area contributed by atoms with E-state index < -0.39 is 6.17 Å². The first-order chi connectivity index (χ1) is 5.27. The average Bonchev–Trinajstić information content (AvgIpc) is 2.43. The molecule has 0 amide bonds. The molecule has 0 N–H and O–H groups in total. The summed E-state index contributed by atoms with van der Waals surface area (Å²) in [4.78, 5) is 2.35. The average molecular weight is 269 g/mol. The van der Waals surface area contributed by atoms with E-state index in [4.69, 9.17) is 0 Å². The van der Waals surface area contributed by atoms with E-state index >= 15 is 0 Å². The molecule has 2 fully saturated rings. The Labute approximate surface area is 80.5 Å². The highest BCUT2D eigenvalue weighted by Gasteiger charge is 2.47. The van der Waals surface area contributed by atoms with Crippen molar-refractivity contribution in [1.82, 2.24) is 4.90 Å². The lowest BCUT2D eigenvalue weighted by atomic mass is 9.97. The highest BCUT2D eigenvalue weighted by atomic mass is 127. The van der Waals surface area contributed by atoms with Gasteiger partial charge >= 0.3 is 0 Å². The van der Waals surface area contributed by atoms with Crippen LogP contribution in [0, 0.1) is 0 Å². The number of nitrogens with zero attached hydrogens (tertiary/aromatic N) is 1. The minimum atomic E-state index is -0.551. The fraction of sp³-hybridized carbons (Fsp3) is 1.00. The second-order valence-corrected chi connectivity index (χ2v) is 4.47. The molecule has 2 aliphatic rings. The van der Waals surface area contributed by atoms with Crippen LogP contribution in [0.15, 0.2) is 0 Å². The van der Waals surface area contributed by atoms with Crippen LogP contribution in [0.4, 0.5) is 4.39 Å². The summed E-state index contributed by atoms with van der Waals surface area (Å²) in [5.74, 6) is 0. The topological polar surface area (TPSA) is 3.24 Å². The molecule has 0 spiro atoms. The number of hydrogen-bond acceptors (Lipinski definition) is 1. The Morgan fingerprint density at radius 2 is 2.45 bits per heavy atom. The van der Waals surface area contributed by atoms with Crippen LogP contribution in [0.3, 0.4) is 0 Å². The van der Waals surface area contributed by atoms with Gasteiger partial charge in [-0.05, 0) is 25.8 Å². The summed E-state index contributed by atoms with van der Waals surface area (Å²) in [5, 5.41) is 0. The maximum atomic E-state index is 13.0. The van der Waals surface area contributed by atoms with Gasteiger partial charge in [0.05, 0.1) is 0 Å². The van der Waals surface area contributed by atoms with Crippen molar-refractivity contribution >= 4 is 22.6 Å². The fourth-order valence-corrected chi connectivity index (χ4v) is 3.61. The van der Waals surface area contributed by atoms with Crippen LogP contribution in [0.1, 0.15) is 19.3 Å². The summed E-state index contributed by atoms with van der Waals surface area (Å²) in [6.07, 6.45) is 2.73. The molecule has 2 atom stereocenters. The first-order valence-corrected chi connectivity index (χ1v) is 5.74. The molecule has 0 aromatic rings. The number of fused-ring (bicyclic) bond motifs is 1. The predicted octanol–water partition coefficient (Wildman–Crippen LogP) is 2.00. The molecule has 0 unspecified atom stereocenters. The Balaban J connectivity index is 2.15. The van der Waals surface area contributed by atoms with Crippen LogP contribution in [0.5, 0.6) is 0 Å². The molecule has 0 aromatic heterocycles. The third-order valence-electron chi connectivity index (χ3n) is 3.01. The molecule has 0 aliphatic carbocycles. The van der Waals surface area contributed by atoms with E-state index in [1.807, 2.05) is 0 Å². The lowest BCUT2D eigenvalue weighted by Crippen LogP contribution is -2.39. The van der Waals surface area contributed by atoms with Crippen molar-refractivity contribution in [2.45, 2.75) is 31.0 Å². The minimum absolute atomic E-state index is 0.264. The Morgan fingerprint density at radius 3 is 3.09 bits per heavy atom. The standard InChI is InChI=1S/C8H13FIN/c9-7-4-8(6-10)2-1-3-11(8)5-7/h7H,1-6H2/t7-,8+/m1/s1. The lowest BCUT2D eigenvalue weighted by molar-refractivity contribution is 0.225. The SMILES string of the molecule is F[C@H]1CN2CCC[C@@]2(CI)C1. The highest BCUT2D eigenvalue weighted by Crippen LogP contribution is 2.41. The van der Waals surface area contributed by atoms with Crippen molar-refractivity contribution < 1.29 is 4.39 Å². The van der Waals surface area contributed by atoms with Gasteiger partial charge in [0.15, 0.2) is 0 Å². The second-order valence-electron chi connectivity index (χ2n) is 3.71. The zero-order valence-corrected chi connectivity index (χ0v) is 8.68. The molecule has 0 radical (unpaired) electrons. The van der Waals surface area contributed by atoms with Gasteiger partial charge in [0.25, 0.3) is 0 Å². The molecule has 3 heteroatoms. The van der Waals surface area contributed by atoms with Gasteiger partial charge in [-0.2, -0.15) is 0 Å².